The fraction of sp³-hybridized carbons (Fsp3) is 0.143. The van der Waals surface area contributed by atoms with E-state index in [0.29, 0.717) is 22.0 Å². The summed E-state index contributed by atoms with van der Waals surface area (Å²) < 4.78 is 0. The molecule has 0 fully saturated rings. The first-order chi connectivity index (χ1) is 10.6. The first-order valence-electron chi connectivity index (χ1n) is 6.45. The number of anilines is 1. The molecule has 22 heavy (non-hydrogen) atoms. The second kappa shape index (κ2) is 5.94. The Morgan fingerprint density at radius 1 is 1.36 bits per heavy atom. The molecule has 0 saturated carbocycles. The van der Waals surface area contributed by atoms with Crippen LogP contribution in [0, 0.1) is 0 Å². The van der Waals surface area contributed by atoms with Crippen LogP contribution >= 0.6 is 23.4 Å². The van der Waals surface area contributed by atoms with Gasteiger partial charge in [-0.2, -0.15) is 10.3 Å². The van der Waals surface area contributed by atoms with Gasteiger partial charge in [0.2, 0.25) is 5.65 Å². The van der Waals surface area contributed by atoms with Gasteiger partial charge in [0.25, 0.3) is 0 Å². The number of nitrogens with one attached hydrogen (secondary N) is 1. The fourth-order valence-electron chi connectivity index (χ4n) is 2.10. The van der Waals surface area contributed by atoms with Crippen molar-refractivity contribution >= 4 is 46.1 Å². The van der Waals surface area contributed by atoms with Crippen LogP contribution in [0.25, 0.3) is 11.2 Å². The van der Waals surface area contributed by atoms with Gasteiger partial charge in [-0.05, 0) is 24.6 Å². The number of pyridine rings is 1. The van der Waals surface area contributed by atoms with Crippen molar-refractivity contribution in [2.45, 2.75) is 17.1 Å². The maximum absolute atomic E-state index is 12.1. The number of thioether (sulfide) groups is 1. The molecule has 6 nitrogen and oxygen atoms in total. The standard InChI is InChI=1S/C14H12ClN5OS/c1-7(21)13(8-4-2-3-5-9(8)15)22-10-6-11(16)17-14-12(10)18-20-19-14/h2-6,13H,1H3,(H3,16,17,18,19,20). The molecule has 3 rings (SSSR count). The van der Waals surface area contributed by atoms with Crippen molar-refractivity contribution in [3.05, 3.63) is 40.9 Å². The van der Waals surface area contributed by atoms with E-state index in [2.05, 4.69) is 20.4 Å². The van der Waals surface area contributed by atoms with Crippen LogP contribution in [0.15, 0.2) is 35.2 Å². The number of carbonyl (C=O) groups excluding carboxylic acids is 1. The number of ketones is 1. The minimum absolute atomic E-state index is 0.00914. The average Bonchev–Trinajstić information content (AvgIpc) is 2.93. The van der Waals surface area contributed by atoms with Gasteiger partial charge in [-0.3, -0.25) is 4.79 Å². The Bertz CT molecular complexity index is 850. The number of aromatic amines is 1. The topological polar surface area (TPSA) is 97.5 Å². The summed E-state index contributed by atoms with van der Waals surface area (Å²) in [6.45, 7) is 1.53. The Morgan fingerprint density at radius 2 is 2.14 bits per heavy atom. The zero-order chi connectivity index (χ0) is 15.7. The van der Waals surface area contributed by atoms with Gasteiger partial charge in [0.1, 0.15) is 17.1 Å². The van der Waals surface area contributed by atoms with Crippen LogP contribution in [-0.4, -0.2) is 26.2 Å². The summed E-state index contributed by atoms with van der Waals surface area (Å²) in [6.07, 6.45) is 0. The lowest BCUT2D eigenvalue weighted by Crippen LogP contribution is -2.06. The lowest BCUT2D eigenvalue weighted by atomic mass is 10.1. The highest BCUT2D eigenvalue weighted by molar-refractivity contribution is 8.00. The molecule has 0 bridgehead atoms. The highest BCUT2D eigenvalue weighted by atomic mass is 35.5. The monoisotopic (exact) mass is 333 g/mol. The number of hydrogen-bond donors (Lipinski definition) is 2. The van der Waals surface area contributed by atoms with Crippen LogP contribution < -0.4 is 5.73 Å². The number of nitrogens with zero attached hydrogens (tertiary/aromatic N) is 3. The van der Waals surface area contributed by atoms with Gasteiger partial charge in [-0.1, -0.05) is 29.8 Å². The zero-order valence-electron chi connectivity index (χ0n) is 11.6. The summed E-state index contributed by atoms with van der Waals surface area (Å²) >= 11 is 7.56. The van der Waals surface area contributed by atoms with E-state index in [0.717, 1.165) is 10.5 Å². The highest BCUT2D eigenvalue weighted by Gasteiger charge is 2.23. The van der Waals surface area contributed by atoms with E-state index in [-0.39, 0.29) is 5.78 Å². The van der Waals surface area contributed by atoms with Gasteiger partial charge < -0.3 is 5.73 Å². The van der Waals surface area contributed by atoms with E-state index in [1.54, 1.807) is 12.1 Å². The van der Waals surface area contributed by atoms with Gasteiger partial charge in [0.15, 0.2) is 0 Å². The molecule has 1 atom stereocenters. The molecule has 8 heteroatoms. The maximum atomic E-state index is 12.1. The Balaban J connectivity index is 2.06. The minimum atomic E-state index is -0.449. The van der Waals surface area contributed by atoms with Crippen molar-refractivity contribution in [2.24, 2.45) is 0 Å². The number of nitrogen functional groups attached to an aromatic ring is 1. The van der Waals surface area contributed by atoms with Crippen molar-refractivity contribution in [3.63, 3.8) is 0 Å². The molecule has 0 saturated heterocycles. The number of carbonyl (C=O) groups is 1. The first-order valence-corrected chi connectivity index (χ1v) is 7.70. The predicted octanol–water partition coefficient (Wildman–Crippen LogP) is 3.01. The SMILES string of the molecule is CC(=O)C(Sc1cc(N)nc2n[nH]nc12)c1ccccc1Cl. The summed E-state index contributed by atoms with van der Waals surface area (Å²) in [5.74, 6) is 0.315. The van der Waals surface area contributed by atoms with Crippen LogP contribution in [0.3, 0.4) is 0 Å². The average molecular weight is 334 g/mol. The van der Waals surface area contributed by atoms with Crippen LogP contribution in [0.2, 0.25) is 5.02 Å². The zero-order valence-corrected chi connectivity index (χ0v) is 13.1. The quantitative estimate of drug-likeness (QED) is 0.712. The summed E-state index contributed by atoms with van der Waals surface area (Å²) in [7, 11) is 0. The molecule has 3 N–H and O–H groups in total. The van der Waals surface area contributed by atoms with Crippen LogP contribution in [0.5, 0.6) is 0 Å². The normalized spacial score (nSPS) is 12.5. The number of Topliss-reactive ketones (excluding diaryl/α,β-unsaturated/α-hetero) is 1. The Kier molecular flexibility index (Phi) is 4.00. The molecule has 3 aromatic rings. The lowest BCUT2D eigenvalue weighted by molar-refractivity contribution is -0.116. The van der Waals surface area contributed by atoms with E-state index < -0.39 is 5.25 Å². The van der Waals surface area contributed by atoms with Crippen LogP contribution in [-0.2, 0) is 4.79 Å². The number of H-pyrrole nitrogens is 1. The van der Waals surface area contributed by atoms with Crippen molar-refractivity contribution < 1.29 is 4.79 Å². The number of rotatable bonds is 4. The number of nitrogens with two attached hydrogens (primary N) is 1. The summed E-state index contributed by atoms with van der Waals surface area (Å²) in [6, 6.07) is 8.96. The molecular formula is C14H12ClN5OS. The van der Waals surface area contributed by atoms with Gasteiger partial charge in [-0.25, -0.2) is 4.98 Å². The highest BCUT2D eigenvalue weighted by Crippen LogP contribution is 2.41. The molecule has 0 aliphatic rings. The van der Waals surface area contributed by atoms with Crippen LogP contribution in [0.1, 0.15) is 17.7 Å². The van der Waals surface area contributed by atoms with Crippen molar-refractivity contribution in [3.8, 4) is 0 Å². The molecule has 0 aliphatic heterocycles. The van der Waals surface area contributed by atoms with Crippen LogP contribution in [0.4, 0.5) is 5.82 Å². The second-order valence-electron chi connectivity index (χ2n) is 4.67. The molecule has 112 valence electrons. The molecule has 1 unspecified atom stereocenters. The minimum Gasteiger partial charge on any atom is -0.384 e. The summed E-state index contributed by atoms with van der Waals surface area (Å²) in [5, 5.41) is 10.6. The smallest absolute Gasteiger partial charge is 0.204 e. The largest absolute Gasteiger partial charge is 0.384 e. The molecule has 2 heterocycles. The first kappa shape index (κ1) is 14.8. The molecular weight excluding hydrogens is 322 g/mol. The van der Waals surface area contributed by atoms with E-state index in [4.69, 9.17) is 17.3 Å². The summed E-state index contributed by atoms with van der Waals surface area (Å²) in [5.41, 5.74) is 7.55. The molecule has 0 radical (unpaired) electrons. The van der Waals surface area contributed by atoms with Gasteiger partial charge in [0.05, 0.1) is 5.25 Å². The third-order valence-electron chi connectivity index (χ3n) is 3.08. The van der Waals surface area contributed by atoms with E-state index in [1.165, 1.54) is 18.7 Å². The molecule has 0 aliphatic carbocycles. The van der Waals surface area contributed by atoms with E-state index in [9.17, 15) is 4.79 Å². The number of fused-ring (bicyclic) bond motifs is 1. The van der Waals surface area contributed by atoms with Gasteiger partial charge in [-0.15, -0.1) is 16.9 Å². The van der Waals surface area contributed by atoms with Gasteiger partial charge in [0, 0.05) is 9.92 Å². The van der Waals surface area contributed by atoms with Crippen molar-refractivity contribution in [2.75, 3.05) is 5.73 Å². The van der Waals surface area contributed by atoms with Gasteiger partial charge >= 0.3 is 0 Å². The van der Waals surface area contributed by atoms with Crippen molar-refractivity contribution in [1.82, 2.24) is 20.4 Å². The molecule has 0 amide bonds. The second-order valence-corrected chi connectivity index (χ2v) is 6.23. The number of halogens is 1. The predicted molar refractivity (Wildman–Crippen MR) is 86.8 cm³/mol. The fourth-order valence-corrected chi connectivity index (χ4v) is 3.60. The Hall–Kier alpha value is -2.12. The molecule has 0 spiro atoms. The van der Waals surface area contributed by atoms with E-state index >= 15 is 0 Å². The third kappa shape index (κ3) is 2.77. The Labute approximate surface area is 135 Å². The number of benzene rings is 1. The Morgan fingerprint density at radius 3 is 2.86 bits per heavy atom. The number of hydrogen-bond acceptors (Lipinski definition) is 6. The van der Waals surface area contributed by atoms with Crippen molar-refractivity contribution in [1.29, 1.82) is 0 Å². The maximum Gasteiger partial charge on any atom is 0.204 e. The third-order valence-corrected chi connectivity index (χ3v) is 4.81. The summed E-state index contributed by atoms with van der Waals surface area (Å²) in [4.78, 5) is 16.9. The lowest BCUT2D eigenvalue weighted by Gasteiger charge is -2.15. The number of aromatic nitrogens is 4. The molecule has 1 aromatic carbocycles. The van der Waals surface area contributed by atoms with E-state index in [1.807, 2.05) is 18.2 Å². The molecule has 2 aromatic heterocycles.